The van der Waals surface area contributed by atoms with Gasteiger partial charge in [-0.25, -0.2) is 9.59 Å². The van der Waals surface area contributed by atoms with Crippen LogP contribution in [0.3, 0.4) is 0 Å². The van der Waals surface area contributed by atoms with E-state index in [2.05, 4.69) is 0 Å². The summed E-state index contributed by atoms with van der Waals surface area (Å²) >= 11 is 0. The van der Waals surface area contributed by atoms with Crippen LogP contribution in [-0.4, -0.2) is 39.8 Å². The van der Waals surface area contributed by atoms with Crippen molar-refractivity contribution in [2.24, 2.45) is 5.92 Å². The van der Waals surface area contributed by atoms with E-state index >= 15 is 0 Å². The molecule has 0 aromatic carbocycles. The molecule has 0 unspecified atom stereocenters. The second kappa shape index (κ2) is 3.31. The highest BCUT2D eigenvalue weighted by atomic mass is 16.4. The first-order chi connectivity index (χ1) is 6.06. The predicted molar refractivity (Wildman–Crippen MR) is 39.9 cm³/mol. The van der Waals surface area contributed by atoms with E-state index in [4.69, 9.17) is 15.5 Å². The maximum Gasteiger partial charge on any atom is 0.408 e. The normalized spacial score (nSPS) is 26.8. The Morgan fingerprint density at radius 3 is 2.38 bits per heavy atom. The minimum absolute atomic E-state index is 0.0111. The zero-order valence-electron chi connectivity index (χ0n) is 6.67. The Morgan fingerprint density at radius 1 is 1.46 bits per heavy atom. The van der Waals surface area contributed by atoms with E-state index in [0.29, 0.717) is 0 Å². The molecule has 0 spiro atoms. The minimum Gasteiger partial charge on any atom is -0.480 e. The molecule has 0 radical (unpaired) electrons. The Morgan fingerprint density at radius 2 is 2.08 bits per heavy atom. The summed E-state index contributed by atoms with van der Waals surface area (Å²) in [5.41, 5.74) is 0. The van der Waals surface area contributed by atoms with E-state index in [1.807, 2.05) is 6.07 Å². The molecule has 1 saturated heterocycles. The number of hydrogen-bond acceptors (Lipinski definition) is 3. The van der Waals surface area contributed by atoms with Gasteiger partial charge in [0.25, 0.3) is 0 Å². The van der Waals surface area contributed by atoms with E-state index in [1.165, 1.54) is 0 Å². The molecule has 1 aliphatic rings. The van der Waals surface area contributed by atoms with Crippen LogP contribution in [0.1, 0.15) is 6.42 Å². The highest BCUT2D eigenvalue weighted by molar-refractivity contribution is 5.80. The molecule has 1 heterocycles. The molecule has 70 valence electrons. The van der Waals surface area contributed by atoms with Crippen molar-refractivity contribution in [2.45, 2.75) is 12.5 Å². The molecular formula is C7H8N2O4. The number of nitrogens with zero attached hydrogens (tertiary/aromatic N) is 2. The molecule has 1 fully saturated rings. The maximum atomic E-state index is 10.6. The van der Waals surface area contributed by atoms with Crippen molar-refractivity contribution in [3.63, 3.8) is 0 Å². The van der Waals surface area contributed by atoms with Crippen LogP contribution in [0, 0.1) is 17.2 Å². The maximum absolute atomic E-state index is 10.6. The van der Waals surface area contributed by atoms with Gasteiger partial charge in [-0.15, -0.1) is 0 Å². The minimum atomic E-state index is -1.29. The number of amides is 1. The number of carboxylic acid groups (broad SMARTS) is 2. The Labute approximate surface area is 74.0 Å². The van der Waals surface area contributed by atoms with Gasteiger partial charge in [0.2, 0.25) is 0 Å². The highest BCUT2D eigenvalue weighted by Gasteiger charge is 2.39. The molecule has 0 aliphatic carbocycles. The third-order valence-corrected chi connectivity index (χ3v) is 2.01. The fourth-order valence-corrected chi connectivity index (χ4v) is 1.38. The monoisotopic (exact) mass is 184 g/mol. The van der Waals surface area contributed by atoms with Crippen molar-refractivity contribution >= 4 is 12.1 Å². The lowest BCUT2D eigenvalue weighted by molar-refractivity contribution is -0.141. The van der Waals surface area contributed by atoms with Gasteiger partial charge < -0.3 is 10.2 Å². The predicted octanol–water partition coefficient (Wildman–Crippen LogP) is -0.0369. The quantitative estimate of drug-likeness (QED) is 0.595. The molecule has 13 heavy (non-hydrogen) atoms. The van der Waals surface area contributed by atoms with Crippen molar-refractivity contribution in [2.75, 3.05) is 6.54 Å². The molecule has 1 amide bonds. The van der Waals surface area contributed by atoms with Crippen molar-refractivity contribution < 1.29 is 19.8 Å². The zero-order valence-corrected chi connectivity index (χ0v) is 6.67. The topological polar surface area (TPSA) is 102 Å². The number of nitriles is 1. The Bertz CT molecular complexity index is 261. The van der Waals surface area contributed by atoms with Gasteiger partial charge in [0.05, 0.1) is 12.0 Å². The summed E-state index contributed by atoms with van der Waals surface area (Å²) in [7, 11) is 0. The van der Waals surface area contributed by atoms with E-state index in [1.54, 1.807) is 0 Å². The van der Waals surface area contributed by atoms with Gasteiger partial charge in [0, 0.05) is 6.54 Å². The SMILES string of the molecule is N#C[C@@H]1C[C@@H](C(=O)O)N(C(=O)O)C1. The van der Waals surface area contributed by atoms with Crippen LogP contribution in [0.5, 0.6) is 0 Å². The number of carbonyl (C=O) groups is 2. The van der Waals surface area contributed by atoms with Crippen LogP contribution in [0.15, 0.2) is 0 Å². The van der Waals surface area contributed by atoms with Crippen molar-refractivity contribution in [1.82, 2.24) is 4.90 Å². The largest absolute Gasteiger partial charge is 0.480 e. The number of carboxylic acids is 1. The fraction of sp³-hybridized carbons (Fsp3) is 0.571. The summed E-state index contributed by atoms with van der Waals surface area (Å²) in [6, 6.07) is 0.798. The summed E-state index contributed by atoms with van der Waals surface area (Å²) < 4.78 is 0. The van der Waals surface area contributed by atoms with Gasteiger partial charge in [-0.05, 0) is 6.42 Å². The van der Waals surface area contributed by atoms with Crippen molar-refractivity contribution in [1.29, 1.82) is 5.26 Å². The van der Waals surface area contributed by atoms with Crippen LogP contribution >= 0.6 is 0 Å². The standard InChI is InChI=1S/C7H8N2O4/c8-2-4-1-5(6(10)11)9(3-4)7(12)13/h4-5H,1,3H2,(H,10,11)(H,12,13)/t4-,5-/m0/s1. The third-order valence-electron chi connectivity index (χ3n) is 2.01. The first-order valence-electron chi connectivity index (χ1n) is 3.68. The highest BCUT2D eigenvalue weighted by Crippen LogP contribution is 2.22. The third kappa shape index (κ3) is 1.69. The lowest BCUT2D eigenvalue weighted by Gasteiger charge is -2.16. The Kier molecular flexibility index (Phi) is 2.37. The van der Waals surface area contributed by atoms with Crippen LogP contribution in [0.4, 0.5) is 4.79 Å². The molecule has 6 heteroatoms. The number of hydrogen-bond donors (Lipinski definition) is 2. The van der Waals surface area contributed by atoms with E-state index in [9.17, 15) is 9.59 Å². The molecule has 2 N–H and O–H groups in total. The smallest absolute Gasteiger partial charge is 0.408 e. The Hall–Kier alpha value is -1.77. The van der Waals surface area contributed by atoms with Crippen molar-refractivity contribution in [3.05, 3.63) is 0 Å². The van der Waals surface area contributed by atoms with Gasteiger partial charge in [-0.3, -0.25) is 4.90 Å². The van der Waals surface area contributed by atoms with E-state index < -0.39 is 24.0 Å². The summed E-state index contributed by atoms with van der Waals surface area (Å²) in [5, 5.41) is 25.7. The average Bonchev–Trinajstić information content (AvgIpc) is 2.47. The zero-order chi connectivity index (χ0) is 10.0. The van der Waals surface area contributed by atoms with Crippen LogP contribution in [0.25, 0.3) is 0 Å². The molecule has 0 saturated carbocycles. The van der Waals surface area contributed by atoms with Gasteiger partial charge in [0.15, 0.2) is 0 Å². The lowest BCUT2D eigenvalue weighted by Crippen LogP contribution is -2.39. The van der Waals surface area contributed by atoms with Crippen LogP contribution < -0.4 is 0 Å². The number of likely N-dealkylation sites (tertiary alicyclic amines) is 1. The second-order valence-corrected chi connectivity index (χ2v) is 2.85. The summed E-state index contributed by atoms with van der Waals surface area (Å²) in [4.78, 5) is 21.9. The van der Waals surface area contributed by atoms with Gasteiger partial charge >= 0.3 is 12.1 Å². The molecule has 0 aromatic heterocycles. The number of aliphatic carboxylic acids is 1. The molecule has 6 nitrogen and oxygen atoms in total. The van der Waals surface area contributed by atoms with Crippen LogP contribution in [-0.2, 0) is 4.79 Å². The first-order valence-corrected chi connectivity index (χ1v) is 3.68. The van der Waals surface area contributed by atoms with Gasteiger partial charge in [-0.2, -0.15) is 5.26 Å². The van der Waals surface area contributed by atoms with Gasteiger partial charge in [0.1, 0.15) is 6.04 Å². The molecular weight excluding hydrogens is 176 g/mol. The number of rotatable bonds is 1. The van der Waals surface area contributed by atoms with E-state index in [0.717, 1.165) is 4.90 Å². The average molecular weight is 184 g/mol. The fourth-order valence-electron chi connectivity index (χ4n) is 1.38. The molecule has 1 aliphatic heterocycles. The lowest BCUT2D eigenvalue weighted by atomic mass is 10.1. The molecule has 0 aromatic rings. The molecule has 1 rings (SSSR count). The Balaban J connectivity index is 2.78. The second-order valence-electron chi connectivity index (χ2n) is 2.85. The van der Waals surface area contributed by atoms with Crippen molar-refractivity contribution in [3.8, 4) is 6.07 Å². The van der Waals surface area contributed by atoms with Crippen LogP contribution in [0.2, 0.25) is 0 Å². The summed E-state index contributed by atoms with van der Waals surface area (Å²) in [5.74, 6) is -1.70. The summed E-state index contributed by atoms with van der Waals surface area (Å²) in [6.45, 7) is -0.0111. The van der Waals surface area contributed by atoms with E-state index in [-0.39, 0.29) is 13.0 Å². The van der Waals surface area contributed by atoms with Gasteiger partial charge in [-0.1, -0.05) is 0 Å². The molecule has 2 atom stereocenters. The summed E-state index contributed by atoms with van der Waals surface area (Å²) in [6.07, 6.45) is -1.21. The molecule has 0 bridgehead atoms. The first kappa shape index (κ1) is 9.32.